The molecule has 1 aromatic rings. The molecule has 0 aliphatic heterocycles. The van der Waals surface area contributed by atoms with E-state index in [0.29, 0.717) is 17.4 Å². The van der Waals surface area contributed by atoms with E-state index >= 15 is 0 Å². The fraction of sp³-hybridized carbons (Fsp3) is 0.500. The van der Waals surface area contributed by atoms with Crippen molar-refractivity contribution in [1.29, 1.82) is 0 Å². The van der Waals surface area contributed by atoms with Crippen LogP contribution < -0.4 is 5.32 Å². The van der Waals surface area contributed by atoms with Gasteiger partial charge in [0.25, 0.3) is 5.91 Å². The second-order valence-corrected chi connectivity index (χ2v) is 6.03. The van der Waals surface area contributed by atoms with Gasteiger partial charge in [-0.1, -0.05) is 12.1 Å². The number of nitrogens with one attached hydrogen (secondary N) is 1. The average Bonchev–Trinajstić information content (AvgIpc) is 2.58. The average molecular weight is 469 g/mol. The van der Waals surface area contributed by atoms with Crippen molar-refractivity contribution < 1.29 is 66.3 Å². The first-order chi connectivity index (χ1) is 13.1. The fourth-order valence-corrected chi connectivity index (χ4v) is 2.55. The zero-order valence-corrected chi connectivity index (χ0v) is 13.5. The number of carbonyl (C=O) groups is 1. The second-order valence-electron chi connectivity index (χ2n) is 6.03. The SMILES string of the molecule is O=C(Nc1ccccc1C(F)(F)F)C1(F)C(F)(F)C(F)(F)C(F)(F)C(F)(F)C1(F)F. The lowest BCUT2D eigenvalue weighted by molar-refractivity contribution is -0.475. The highest BCUT2D eigenvalue weighted by Gasteiger charge is 3.02. The normalized spacial score (nSPS) is 25.4. The van der Waals surface area contributed by atoms with Crippen molar-refractivity contribution in [3.8, 4) is 0 Å². The van der Waals surface area contributed by atoms with Crippen molar-refractivity contribution in [1.82, 2.24) is 0 Å². The smallest absolute Gasteiger partial charge is 0.322 e. The molecule has 1 aliphatic carbocycles. The number of hydrogen-bond donors (Lipinski definition) is 1. The van der Waals surface area contributed by atoms with E-state index in [-0.39, 0.29) is 12.1 Å². The van der Waals surface area contributed by atoms with Crippen LogP contribution in [0.25, 0.3) is 0 Å². The molecule has 0 saturated heterocycles. The molecule has 2 nitrogen and oxygen atoms in total. The van der Waals surface area contributed by atoms with Crippen molar-refractivity contribution in [2.24, 2.45) is 0 Å². The first kappa shape index (κ1) is 24.0. The Morgan fingerprint density at radius 2 is 1.03 bits per heavy atom. The Hall–Kier alpha value is -2.29. The van der Waals surface area contributed by atoms with Gasteiger partial charge in [0, 0.05) is 0 Å². The van der Waals surface area contributed by atoms with Gasteiger partial charge in [0.05, 0.1) is 11.3 Å². The topological polar surface area (TPSA) is 29.1 Å². The minimum atomic E-state index is -7.55. The largest absolute Gasteiger partial charge is 0.418 e. The summed E-state index contributed by atoms with van der Waals surface area (Å²) in [7, 11) is 0. The summed E-state index contributed by atoms with van der Waals surface area (Å²) in [5, 5.41) is 0.436. The molecular weight excluding hydrogens is 464 g/mol. The number of benzene rings is 1. The van der Waals surface area contributed by atoms with Gasteiger partial charge in [0.1, 0.15) is 0 Å². The van der Waals surface area contributed by atoms with Crippen molar-refractivity contribution in [2.45, 2.75) is 41.5 Å². The lowest BCUT2D eigenvalue weighted by atomic mass is 9.71. The lowest BCUT2D eigenvalue weighted by Crippen LogP contribution is -2.86. The van der Waals surface area contributed by atoms with Gasteiger partial charge in [-0.3, -0.25) is 4.79 Å². The molecule has 0 aromatic heterocycles. The molecule has 0 heterocycles. The molecule has 0 atom stereocenters. The standard InChI is InChI=1S/C14H5F14NO/c15-8(7(30)29-6-4-2-1-3-5(6)9(16,17)18)10(19,20)12(23,24)14(27,28)13(25,26)11(8,21)22/h1-4H,(H,29,30). The first-order valence-corrected chi connectivity index (χ1v) is 7.18. The minimum absolute atomic E-state index is 0.0923. The van der Waals surface area contributed by atoms with Crippen molar-refractivity contribution >= 4 is 11.6 Å². The molecule has 1 saturated carbocycles. The third-order valence-electron chi connectivity index (χ3n) is 4.24. The van der Waals surface area contributed by atoms with Gasteiger partial charge < -0.3 is 5.32 Å². The monoisotopic (exact) mass is 469 g/mol. The Morgan fingerprint density at radius 1 is 0.667 bits per heavy atom. The highest BCUT2D eigenvalue weighted by molar-refractivity contribution is 6.00. The summed E-state index contributed by atoms with van der Waals surface area (Å²) in [6, 6.07) is 1.45. The fourth-order valence-electron chi connectivity index (χ4n) is 2.55. The Balaban J connectivity index is 2.72. The van der Waals surface area contributed by atoms with Crippen molar-refractivity contribution in [2.75, 3.05) is 5.32 Å². The van der Waals surface area contributed by atoms with E-state index in [1.807, 2.05) is 0 Å². The molecule has 1 fully saturated rings. The Morgan fingerprint density at radius 3 is 1.43 bits per heavy atom. The quantitative estimate of drug-likeness (QED) is 0.567. The zero-order chi connectivity index (χ0) is 23.8. The highest BCUT2D eigenvalue weighted by atomic mass is 19.4. The highest BCUT2D eigenvalue weighted by Crippen LogP contribution is 2.69. The number of rotatable bonds is 2. The van der Waals surface area contributed by atoms with E-state index in [1.54, 1.807) is 0 Å². The van der Waals surface area contributed by atoms with Crippen LogP contribution in [0.3, 0.4) is 0 Å². The number of alkyl halides is 14. The van der Waals surface area contributed by atoms with Crippen LogP contribution in [0.2, 0.25) is 0 Å². The maximum atomic E-state index is 14.5. The van der Waals surface area contributed by atoms with Crippen LogP contribution in [0.4, 0.5) is 67.2 Å². The molecule has 1 N–H and O–H groups in total. The van der Waals surface area contributed by atoms with Crippen LogP contribution in [0.15, 0.2) is 24.3 Å². The van der Waals surface area contributed by atoms with Gasteiger partial charge in [0.15, 0.2) is 0 Å². The number of hydrogen-bond acceptors (Lipinski definition) is 1. The molecular formula is C14H5F14NO. The number of carbonyl (C=O) groups excluding carboxylic acids is 1. The van der Waals surface area contributed by atoms with Crippen LogP contribution in [-0.2, 0) is 11.0 Å². The Labute approximate surface area is 155 Å². The molecule has 1 aromatic carbocycles. The third kappa shape index (κ3) is 2.53. The van der Waals surface area contributed by atoms with Gasteiger partial charge >= 0.3 is 41.5 Å². The number of anilines is 1. The molecule has 1 amide bonds. The lowest BCUT2D eigenvalue weighted by Gasteiger charge is -2.51. The number of amides is 1. The van der Waals surface area contributed by atoms with E-state index in [2.05, 4.69) is 0 Å². The molecule has 0 spiro atoms. The number of halogens is 14. The molecule has 30 heavy (non-hydrogen) atoms. The summed E-state index contributed by atoms with van der Waals surface area (Å²) in [6.07, 6.45) is -5.45. The minimum Gasteiger partial charge on any atom is -0.322 e. The van der Waals surface area contributed by atoms with Crippen LogP contribution in [0.5, 0.6) is 0 Å². The van der Waals surface area contributed by atoms with Gasteiger partial charge in [-0.25, -0.2) is 4.39 Å². The third-order valence-corrected chi connectivity index (χ3v) is 4.24. The molecule has 0 unspecified atom stereocenters. The van der Waals surface area contributed by atoms with Crippen LogP contribution >= 0.6 is 0 Å². The summed E-state index contributed by atoms with van der Waals surface area (Å²) in [4.78, 5) is 11.7. The van der Waals surface area contributed by atoms with Gasteiger partial charge in [-0.05, 0) is 12.1 Å². The van der Waals surface area contributed by atoms with Crippen molar-refractivity contribution in [3.05, 3.63) is 29.8 Å². The Kier molecular flexibility index (Phi) is 4.89. The molecule has 16 heteroatoms. The summed E-state index contributed by atoms with van der Waals surface area (Å²) < 4.78 is 188. The van der Waals surface area contributed by atoms with Crippen LogP contribution in [0.1, 0.15) is 5.56 Å². The van der Waals surface area contributed by atoms with Gasteiger partial charge in [0.2, 0.25) is 0 Å². The molecule has 170 valence electrons. The first-order valence-electron chi connectivity index (χ1n) is 7.18. The predicted octanol–water partition coefficient (Wildman–Crippen LogP) is 5.54. The summed E-state index contributed by atoms with van der Waals surface area (Å²) in [6.45, 7) is 0. The van der Waals surface area contributed by atoms with Crippen LogP contribution in [0, 0.1) is 0 Å². The van der Waals surface area contributed by atoms with E-state index in [4.69, 9.17) is 0 Å². The zero-order valence-electron chi connectivity index (χ0n) is 13.5. The van der Waals surface area contributed by atoms with E-state index in [1.165, 1.54) is 0 Å². The summed E-state index contributed by atoms with van der Waals surface area (Å²) in [5.41, 5.74) is -10.9. The van der Waals surface area contributed by atoms with Gasteiger partial charge in [-0.2, -0.15) is 57.1 Å². The second kappa shape index (κ2) is 6.12. The number of para-hydroxylation sites is 1. The van der Waals surface area contributed by atoms with E-state index < -0.39 is 58.6 Å². The predicted molar refractivity (Wildman–Crippen MR) is 68.6 cm³/mol. The Bertz CT molecular complexity index is 828. The molecule has 0 bridgehead atoms. The molecule has 1 aliphatic rings. The van der Waals surface area contributed by atoms with Gasteiger partial charge in [-0.15, -0.1) is 0 Å². The molecule has 2 rings (SSSR count). The molecule has 0 radical (unpaired) electrons. The van der Waals surface area contributed by atoms with Crippen molar-refractivity contribution in [3.63, 3.8) is 0 Å². The van der Waals surface area contributed by atoms with E-state index in [0.717, 1.165) is 0 Å². The van der Waals surface area contributed by atoms with Crippen LogP contribution in [-0.4, -0.2) is 41.2 Å². The maximum absolute atomic E-state index is 14.5. The maximum Gasteiger partial charge on any atom is 0.418 e. The summed E-state index contributed by atoms with van der Waals surface area (Å²) in [5.74, 6) is -41.5. The van der Waals surface area contributed by atoms with E-state index in [9.17, 15) is 66.3 Å². The summed E-state index contributed by atoms with van der Waals surface area (Å²) >= 11 is 0.